The smallest absolute Gasteiger partial charge is 0.338 e. The van der Waals surface area contributed by atoms with Gasteiger partial charge in [0.15, 0.2) is 18.0 Å². The van der Waals surface area contributed by atoms with Crippen LogP contribution >= 0.6 is 0 Å². The van der Waals surface area contributed by atoms with Gasteiger partial charge in [-0.1, -0.05) is 62.4 Å². The van der Waals surface area contributed by atoms with Gasteiger partial charge >= 0.3 is 29.9 Å². The van der Waals surface area contributed by atoms with Gasteiger partial charge in [-0.25, -0.2) is 14.4 Å². The molecule has 1 spiro atoms. The summed E-state index contributed by atoms with van der Waals surface area (Å²) in [4.78, 5) is 83.1. The van der Waals surface area contributed by atoms with Gasteiger partial charge < -0.3 is 39.8 Å². The Hall–Kier alpha value is -5.08. The van der Waals surface area contributed by atoms with E-state index in [2.05, 4.69) is 10.6 Å². The molecule has 2 aromatic rings. The van der Waals surface area contributed by atoms with Gasteiger partial charge in [0.1, 0.15) is 23.4 Å². The summed E-state index contributed by atoms with van der Waals surface area (Å²) in [7, 11) is 0. The van der Waals surface area contributed by atoms with E-state index >= 15 is 4.79 Å². The third-order valence-electron chi connectivity index (χ3n) is 13.9. The Labute approximate surface area is 349 Å². The summed E-state index contributed by atoms with van der Waals surface area (Å²) in [5.74, 6) is -5.32. The molecule has 14 nitrogen and oxygen atoms in total. The lowest BCUT2D eigenvalue weighted by molar-refractivity contribution is -0.270. The van der Waals surface area contributed by atoms with Gasteiger partial charge in [0.05, 0.1) is 17.5 Å². The van der Waals surface area contributed by atoms with Gasteiger partial charge in [0.2, 0.25) is 0 Å². The van der Waals surface area contributed by atoms with Gasteiger partial charge in [0, 0.05) is 36.6 Å². The van der Waals surface area contributed by atoms with Crippen molar-refractivity contribution in [3.05, 3.63) is 82.9 Å². The van der Waals surface area contributed by atoms with Crippen molar-refractivity contribution in [3.63, 3.8) is 0 Å². The Morgan fingerprint density at radius 2 is 1.50 bits per heavy atom. The Bertz CT molecular complexity index is 2110. The summed E-state index contributed by atoms with van der Waals surface area (Å²) in [6.07, 6.45) is -4.94. The minimum atomic E-state index is -2.18. The first-order valence-electron chi connectivity index (χ1n) is 20.7. The van der Waals surface area contributed by atoms with E-state index in [0.29, 0.717) is 36.8 Å². The van der Waals surface area contributed by atoms with Crippen LogP contribution in [0.5, 0.6) is 0 Å². The maximum Gasteiger partial charge on any atom is 0.338 e. The van der Waals surface area contributed by atoms with Crippen LogP contribution in [0.3, 0.4) is 0 Å². The Morgan fingerprint density at radius 3 is 2.07 bits per heavy atom. The zero-order valence-corrected chi connectivity index (χ0v) is 35.4. The minimum absolute atomic E-state index is 0.169. The molecule has 0 aromatic heterocycles. The van der Waals surface area contributed by atoms with Crippen LogP contribution in [0.2, 0.25) is 0 Å². The molecule has 2 aromatic carbocycles. The summed E-state index contributed by atoms with van der Waals surface area (Å²) < 4.78 is 24.9. The molecule has 322 valence electrons. The van der Waals surface area contributed by atoms with E-state index in [1.165, 1.54) is 13.8 Å². The lowest BCUT2D eigenvalue weighted by Gasteiger charge is -2.65. The van der Waals surface area contributed by atoms with Crippen molar-refractivity contribution in [2.45, 2.75) is 135 Å². The lowest BCUT2D eigenvalue weighted by Crippen LogP contribution is -2.74. The predicted octanol–water partition coefficient (Wildman–Crippen LogP) is 5.05. The highest BCUT2D eigenvalue weighted by Crippen LogP contribution is 2.77. The van der Waals surface area contributed by atoms with Crippen LogP contribution in [0.1, 0.15) is 109 Å². The Balaban J connectivity index is 1.37. The molecule has 0 radical (unpaired) electrons. The third kappa shape index (κ3) is 7.08. The maximum atomic E-state index is 15.5. The fraction of sp³-hybridized carbons (Fsp3) is 0.565. The van der Waals surface area contributed by atoms with Crippen molar-refractivity contribution in [2.75, 3.05) is 0 Å². The molecule has 7 rings (SSSR count). The molecule has 5 aliphatic rings. The van der Waals surface area contributed by atoms with Crippen molar-refractivity contribution >= 4 is 35.7 Å². The van der Waals surface area contributed by atoms with Gasteiger partial charge in [-0.05, 0) is 94.1 Å². The zero-order chi connectivity index (χ0) is 43.7. The summed E-state index contributed by atoms with van der Waals surface area (Å²) in [5.41, 5.74) is -5.94. The molecule has 4 saturated carbocycles. The lowest BCUT2D eigenvalue weighted by atomic mass is 9.45. The van der Waals surface area contributed by atoms with Crippen LogP contribution in [0.4, 0.5) is 4.79 Å². The second kappa shape index (κ2) is 15.1. The van der Waals surface area contributed by atoms with Crippen LogP contribution in [0, 0.1) is 28.6 Å². The number of rotatable bonds is 9. The number of carbonyl (C=O) groups excluding carboxylic acids is 6. The maximum absolute atomic E-state index is 15.5. The molecule has 4 fully saturated rings. The monoisotopic (exact) mass is 828 g/mol. The van der Waals surface area contributed by atoms with Crippen molar-refractivity contribution in [3.8, 4) is 0 Å². The quantitative estimate of drug-likeness (QED) is 0.149. The molecule has 14 heteroatoms. The van der Waals surface area contributed by atoms with Gasteiger partial charge in [0.25, 0.3) is 0 Å². The first-order valence-corrected chi connectivity index (χ1v) is 20.7. The van der Waals surface area contributed by atoms with E-state index in [9.17, 15) is 34.2 Å². The molecule has 5 aliphatic carbocycles. The first kappa shape index (κ1) is 43.0. The number of ether oxygens (including phenoxy) is 4. The fourth-order valence-electron chi connectivity index (χ4n) is 11.1. The highest BCUT2D eigenvalue weighted by atomic mass is 16.6. The summed E-state index contributed by atoms with van der Waals surface area (Å²) in [6, 6.07) is 14.6. The van der Waals surface area contributed by atoms with Gasteiger partial charge in [-0.3, -0.25) is 14.4 Å². The number of aliphatic hydroxyl groups excluding tert-OH is 1. The number of urea groups is 1. The summed E-state index contributed by atoms with van der Waals surface area (Å²) in [6.45, 7) is 12.7. The highest BCUT2D eigenvalue weighted by Gasteiger charge is 2.83. The predicted molar refractivity (Wildman–Crippen MR) is 215 cm³/mol. The van der Waals surface area contributed by atoms with E-state index in [1.54, 1.807) is 102 Å². The van der Waals surface area contributed by atoms with Crippen LogP contribution in [-0.4, -0.2) is 87.1 Å². The second-order valence-corrected chi connectivity index (χ2v) is 18.9. The van der Waals surface area contributed by atoms with Crippen molar-refractivity contribution in [2.24, 2.45) is 28.6 Å². The molecule has 2 bridgehead atoms. The normalized spacial score (nSPS) is 33.3. The molecular formula is C46H56N2O12. The minimum Gasteiger partial charge on any atom is -0.458 e. The molecule has 0 unspecified atom stereocenters. The number of esters is 4. The Morgan fingerprint density at radius 1 is 0.867 bits per heavy atom. The standard InChI is InChI=1S/C46H56N2O12/c1-24-31(58-40(54)34(51)33(27-15-11-9-12-16-27)47-41(55)48-42(4,5)6)23-46(56)38(59-39(53)28-17-13-10-14-18-28)36-44(37(52)35(57-25(2)49)32(24)43(46,7)8)22-30(44)21-29-19-20-45(29,36)60-26(3)50/h9-18,29-31,33-36,38,51,56H,19-23H2,1-8H3,(H2,47,48,55)/t29-,30-,31+,33+,34-,35-,36+,38+,44-,45+,46-/m1/s1. The summed E-state index contributed by atoms with van der Waals surface area (Å²) in [5, 5.41) is 30.9. The molecular weight excluding hydrogens is 773 g/mol. The number of nitrogens with one attached hydrogen (secondary N) is 2. The molecule has 4 N–H and O–H groups in total. The second-order valence-electron chi connectivity index (χ2n) is 18.9. The van der Waals surface area contributed by atoms with Crippen molar-refractivity contribution < 1.29 is 57.9 Å². The number of hydrogen-bond acceptors (Lipinski definition) is 12. The molecule has 11 atom stereocenters. The van der Waals surface area contributed by atoms with E-state index in [-0.39, 0.29) is 23.0 Å². The van der Waals surface area contributed by atoms with E-state index in [4.69, 9.17) is 18.9 Å². The van der Waals surface area contributed by atoms with Crippen molar-refractivity contribution in [1.29, 1.82) is 0 Å². The average molecular weight is 829 g/mol. The van der Waals surface area contributed by atoms with Crippen LogP contribution in [0.25, 0.3) is 0 Å². The van der Waals surface area contributed by atoms with E-state index < -0.39 is 106 Å². The van der Waals surface area contributed by atoms with Crippen LogP contribution < -0.4 is 10.6 Å². The zero-order valence-electron chi connectivity index (χ0n) is 35.4. The number of benzene rings is 2. The number of aliphatic hydroxyl groups is 2. The summed E-state index contributed by atoms with van der Waals surface area (Å²) >= 11 is 0. The number of ketones is 1. The van der Waals surface area contributed by atoms with Crippen LogP contribution in [-0.2, 0) is 38.1 Å². The van der Waals surface area contributed by atoms with Crippen LogP contribution in [0.15, 0.2) is 71.8 Å². The van der Waals surface area contributed by atoms with Gasteiger partial charge in [-0.15, -0.1) is 0 Å². The molecule has 2 amide bonds. The largest absolute Gasteiger partial charge is 0.458 e. The number of hydrogen-bond donors (Lipinski definition) is 4. The molecule has 0 saturated heterocycles. The fourth-order valence-corrected chi connectivity index (χ4v) is 11.1. The van der Waals surface area contributed by atoms with E-state index in [0.717, 1.165) is 0 Å². The average Bonchev–Trinajstić information content (AvgIpc) is 3.90. The molecule has 0 heterocycles. The third-order valence-corrected chi connectivity index (χ3v) is 13.9. The number of carbonyl (C=O) groups is 6. The van der Waals surface area contributed by atoms with Gasteiger partial charge in [-0.2, -0.15) is 0 Å². The number of amides is 2. The number of Topliss-reactive ketones (excluding diaryl/α,β-unsaturated/α-hetero) is 1. The SMILES string of the molecule is CC(=O)O[C@H]1C(=O)[C@]23C[C@H]2C[C@H]2CC[C@@]2(OC(C)=O)[C@H]3[C@H](OC(=O)c2ccccc2)[C@]2(O)C[C@H](OC(=O)[C@H](O)[C@@H](NC(=O)NC(C)(C)C)c3ccccc3)C(C)=C1C2(C)C. The first-order chi connectivity index (χ1) is 28.1. The number of fused-ring (bicyclic) bond motifs is 4. The topological polar surface area (TPSA) is 204 Å². The Kier molecular flexibility index (Phi) is 10.8. The molecule has 0 aliphatic heterocycles. The van der Waals surface area contributed by atoms with Crippen molar-refractivity contribution in [1.82, 2.24) is 10.6 Å². The molecule has 60 heavy (non-hydrogen) atoms. The van der Waals surface area contributed by atoms with E-state index in [1.807, 2.05) is 0 Å². The highest BCUT2D eigenvalue weighted by molar-refractivity contribution is 5.97.